The number of hydrogen-bond donors (Lipinski definition) is 3. The minimum atomic E-state index is -4.18. The van der Waals surface area contributed by atoms with Gasteiger partial charge in [-0.3, -0.25) is 15.0 Å². The van der Waals surface area contributed by atoms with Gasteiger partial charge >= 0.3 is 0 Å². The third kappa shape index (κ3) is 4.60. The molecule has 1 aliphatic rings. The molecule has 35 heavy (non-hydrogen) atoms. The van der Waals surface area contributed by atoms with E-state index in [9.17, 15) is 18.0 Å². The lowest BCUT2D eigenvalue weighted by atomic mass is 10.1. The fourth-order valence-corrected chi connectivity index (χ4v) is 4.90. The first-order chi connectivity index (χ1) is 16.8. The van der Waals surface area contributed by atoms with Crippen LogP contribution in [0.25, 0.3) is 10.8 Å². The first kappa shape index (κ1) is 24.3. The highest BCUT2D eigenvalue weighted by molar-refractivity contribution is 7.89. The maximum absolute atomic E-state index is 13.1. The van der Waals surface area contributed by atoms with E-state index < -0.39 is 15.9 Å². The van der Waals surface area contributed by atoms with E-state index in [1.165, 1.54) is 24.3 Å². The number of nitrogens with one attached hydrogen (secondary N) is 3. The third-order valence-electron chi connectivity index (χ3n) is 5.25. The van der Waals surface area contributed by atoms with Crippen LogP contribution in [0.1, 0.15) is 41.5 Å². The van der Waals surface area contributed by atoms with Crippen LogP contribution in [0.2, 0.25) is 0 Å². The van der Waals surface area contributed by atoms with Crippen molar-refractivity contribution in [3.05, 3.63) is 53.6 Å². The highest BCUT2D eigenvalue weighted by Crippen LogP contribution is 2.39. The van der Waals surface area contributed by atoms with Crippen molar-refractivity contribution in [2.24, 2.45) is 0 Å². The molecule has 10 nitrogen and oxygen atoms in total. The van der Waals surface area contributed by atoms with Crippen molar-refractivity contribution < 1.29 is 32.2 Å². The van der Waals surface area contributed by atoms with Crippen LogP contribution in [0.5, 0.6) is 17.2 Å². The number of hydrazine groups is 1. The number of benzene rings is 3. The maximum Gasteiger partial charge on any atom is 0.266 e. The van der Waals surface area contributed by atoms with E-state index in [1.807, 2.05) is 6.92 Å². The van der Waals surface area contributed by atoms with Gasteiger partial charge in [0.2, 0.25) is 5.75 Å². The van der Waals surface area contributed by atoms with Gasteiger partial charge in [-0.25, -0.2) is 8.42 Å². The highest BCUT2D eigenvalue weighted by Gasteiger charge is 2.27. The van der Waals surface area contributed by atoms with Gasteiger partial charge in [0, 0.05) is 27.6 Å². The fourth-order valence-electron chi connectivity index (χ4n) is 3.86. The van der Waals surface area contributed by atoms with Gasteiger partial charge in [0.15, 0.2) is 11.5 Å². The zero-order chi connectivity index (χ0) is 25.2. The lowest BCUT2D eigenvalue weighted by molar-refractivity contribution is 0.0943. The first-order valence-corrected chi connectivity index (χ1v) is 12.5. The van der Waals surface area contributed by atoms with Gasteiger partial charge in [-0.2, -0.15) is 0 Å². The molecular weight excluding hydrogens is 474 g/mol. The second kappa shape index (κ2) is 9.80. The van der Waals surface area contributed by atoms with Crippen molar-refractivity contribution in [3.8, 4) is 17.2 Å². The van der Waals surface area contributed by atoms with Crippen LogP contribution >= 0.6 is 0 Å². The molecule has 0 aliphatic carbocycles. The molecule has 0 radical (unpaired) electrons. The molecule has 2 amide bonds. The van der Waals surface area contributed by atoms with Gasteiger partial charge in [-0.15, -0.1) is 4.83 Å². The van der Waals surface area contributed by atoms with Crippen LogP contribution in [0.3, 0.4) is 0 Å². The van der Waals surface area contributed by atoms with Gasteiger partial charge in [-0.05, 0) is 51.1 Å². The summed E-state index contributed by atoms with van der Waals surface area (Å²) in [5.74, 6) is -0.0475. The van der Waals surface area contributed by atoms with E-state index in [0.717, 1.165) is 0 Å². The zero-order valence-electron chi connectivity index (χ0n) is 19.4. The molecule has 0 unspecified atom stereocenters. The predicted molar refractivity (Wildman–Crippen MR) is 130 cm³/mol. The van der Waals surface area contributed by atoms with E-state index in [0.29, 0.717) is 59.1 Å². The number of anilines is 1. The summed E-state index contributed by atoms with van der Waals surface area (Å²) in [5, 5.41) is 3.58. The van der Waals surface area contributed by atoms with Crippen LogP contribution in [0.15, 0.2) is 47.4 Å². The van der Waals surface area contributed by atoms with Crippen molar-refractivity contribution >= 4 is 38.3 Å². The third-order valence-corrected chi connectivity index (χ3v) is 6.56. The standard InChI is InChI=1S/C24H25N3O7S/c1-4-32-18-12-14(13-19(33-5-2)22(18)34-6-3)23(28)26-27-35(30,31)20-11-10-17-21-15(20)8-7-9-16(21)24(29)25-17/h7-13,27H,4-6H2,1-3H3,(H,25,29)(H,26,28). The Bertz CT molecular complexity index is 1390. The Morgan fingerprint density at radius 3 is 2.23 bits per heavy atom. The molecule has 0 atom stereocenters. The Balaban J connectivity index is 1.62. The second-order valence-electron chi connectivity index (χ2n) is 7.45. The molecule has 1 heterocycles. The lowest BCUT2D eigenvalue weighted by Gasteiger charge is -2.17. The SMILES string of the molecule is CCOc1cc(C(=O)NNS(=O)(=O)c2ccc3c4c(cccc24)C(=O)N3)cc(OCC)c1OCC. The molecule has 1 aliphatic heterocycles. The molecule has 0 saturated heterocycles. The van der Waals surface area contributed by atoms with Gasteiger partial charge < -0.3 is 19.5 Å². The molecular formula is C24H25N3O7S. The summed E-state index contributed by atoms with van der Waals surface area (Å²) < 4.78 is 43.0. The smallest absolute Gasteiger partial charge is 0.266 e. The molecule has 184 valence electrons. The topological polar surface area (TPSA) is 132 Å². The minimum Gasteiger partial charge on any atom is -0.490 e. The highest BCUT2D eigenvalue weighted by atomic mass is 32.2. The molecule has 0 bridgehead atoms. The largest absolute Gasteiger partial charge is 0.490 e. The van der Waals surface area contributed by atoms with Gasteiger partial charge in [0.1, 0.15) is 0 Å². The Hall–Kier alpha value is -3.83. The van der Waals surface area contributed by atoms with Crippen LogP contribution in [0.4, 0.5) is 5.69 Å². The van der Waals surface area contributed by atoms with Crippen molar-refractivity contribution in [2.45, 2.75) is 25.7 Å². The maximum atomic E-state index is 13.1. The number of carbonyl (C=O) groups excluding carboxylic acids is 2. The number of amides is 2. The number of rotatable bonds is 10. The van der Waals surface area contributed by atoms with Crippen LogP contribution in [-0.4, -0.2) is 40.1 Å². The molecule has 0 fully saturated rings. The molecule has 11 heteroatoms. The van der Waals surface area contributed by atoms with Crippen molar-refractivity contribution in [2.75, 3.05) is 25.1 Å². The summed E-state index contributed by atoms with van der Waals surface area (Å²) in [6, 6.07) is 10.6. The molecule has 0 aromatic heterocycles. The first-order valence-electron chi connectivity index (χ1n) is 11.1. The molecule has 0 spiro atoms. The monoisotopic (exact) mass is 499 g/mol. The van der Waals surface area contributed by atoms with Crippen molar-refractivity contribution in [1.29, 1.82) is 0 Å². The van der Waals surface area contributed by atoms with Crippen LogP contribution < -0.4 is 29.8 Å². The summed E-state index contributed by atoms with van der Waals surface area (Å²) in [4.78, 5) is 27.1. The van der Waals surface area contributed by atoms with Crippen LogP contribution in [0, 0.1) is 0 Å². The van der Waals surface area contributed by atoms with E-state index in [1.54, 1.807) is 32.0 Å². The number of ether oxygens (including phenoxy) is 3. The van der Waals surface area contributed by atoms with Crippen LogP contribution in [-0.2, 0) is 10.0 Å². The second-order valence-corrected chi connectivity index (χ2v) is 9.10. The van der Waals surface area contributed by atoms with Crippen molar-refractivity contribution in [3.63, 3.8) is 0 Å². The van der Waals surface area contributed by atoms with Gasteiger partial charge in [0.25, 0.3) is 21.8 Å². The Labute approximate surface area is 202 Å². The Morgan fingerprint density at radius 2 is 1.60 bits per heavy atom. The molecule has 3 N–H and O–H groups in total. The molecule has 3 aromatic carbocycles. The Morgan fingerprint density at radius 1 is 0.943 bits per heavy atom. The summed E-state index contributed by atoms with van der Waals surface area (Å²) >= 11 is 0. The fraction of sp³-hybridized carbons (Fsp3) is 0.250. The number of carbonyl (C=O) groups is 2. The van der Waals surface area contributed by atoms with Gasteiger partial charge in [-0.1, -0.05) is 12.1 Å². The predicted octanol–water partition coefficient (Wildman–Crippen LogP) is 3.22. The molecule has 0 saturated carbocycles. The van der Waals surface area contributed by atoms with E-state index in [2.05, 4.69) is 15.6 Å². The van der Waals surface area contributed by atoms with Gasteiger partial charge in [0.05, 0.1) is 24.7 Å². The summed E-state index contributed by atoms with van der Waals surface area (Å²) in [5.41, 5.74) is 3.27. The lowest BCUT2D eigenvalue weighted by Crippen LogP contribution is -2.41. The quantitative estimate of drug-likeness (QED) is 0.365. The van der Waals surface area contributed by atoms with E-state index in [-0.39, 0.29) is 16.4 Å². The summed E-state index contributed by atoms with van der Waals surface area (Å²) in [6.45, 7) is 6.40. The average molecular weight is 500 g/mol. The molecule has 4 rings (SSSR count). The van der Waals surface area contributed by atoms with E-state index >= 15 is 0 Å². The summed E-state index contributed by atoms with van der Waals surface area (Å²) in [6.07, 6.45) is 0. The summed E-state index contributed by atoms with van der Waals surface area (Å²) in [7, 11) is -4.18. The minimum absolute atomic E-state index is 0.0772. The molecule has 3 aromatic rings. The zero-order valence-corrected chi connectivity index (χ0v) is 20.2. The average Bonchev–Trinajstić information content (AvgIpc) is 3.16. The van der Waals surface area contributed by atoms with Crippen molar-refractivity contribution in [1.82, 2.24) is 10.3 Å². The number of sulfonamides is 1. The number of hydrogen-bond acceptors (Lipinski definition) is 7. The normalized spacial score (nSPS) is 12.4. The Kier molecular flexibility index (Phi) is 6.81. The van der Waals surface area contributed by atoms with E-state index in [4.69, 9.17) is 14.2 Å².